The van der Waals surface area contributed by atoms with Gasteiger partial charge in [-0.25, -0.2) is 4.98 Å². The molecule has 1 aromatic heterocycles. The van der Waals surface area contributed by atoms with Gasteiger partial charge in [-0.2, -0.15) is 0 Å². The third-order valence-electron chi connectivity index (χ3n) is 5.61. The van der Waals surface area contributed by atoms with Gasteiger partial charge in [0.2, 0.25) is 11.8 Å². The van der Waals surface area contributed by atoms with Crippen LogP contribution in [0.25, 0.3) is 0 Å². The van der Waals surface area contributed by atoms with Gasteiger partial charge in [-0.15, -0.1) is 13.2 Å². The van der Waals surface area contributed by atoms with E-state index in [4.69, 9.17) is 4.74 Å². The smallest absolute Gasteiger partial charge is 0.473 e. The Bertz CT molecular complexity index is 851. The van der Waals surface area contributed by atoms with Gasteiger partial charge in [0.25, 0.3) is 0 Å². The maximum Gasteiger partial charge on any atom is 0.573 e. The molecule has 29 heavy (non-hydrogen) atoms. The number of alkyl halides is 3. The third kappa shape index (κ3) is 4.28. The molecule has 1 spiro atoms. The molecular weight excluding hydrogens is 387 g/mol. The molecule has 6 nitrogen and oxygen atoms in total. The van der Waals surface area contributed by atoms with Crippen LogP contribution in [0.4, 0.5) is 18.9 Å². The monoisotopic (exact) mass is 407 g/mol. The first kappa shape index (κ1) is 19.5. The van der Waals surface area contributed by atoms with Crippen molar-refractivity contribution in [2.75, 3.05) is 11.4 Å². The number of hydrogen-bond donors (Lipinski definition) is 0. The second-order valence-corrected chi connectivity index (χ2v) is 7.39. The van der Waals surface area contributed by atoms with Crippen LogP contribution in [0.15, 0.2) is 42.9 Å². The Morgan fingerprint density at radius 2 is 1.79 bits per heavy atom. The van der Waals surface area contributed by atoms with Crippen molar-refractivity contribution in [1.29, 1.82) is 0 Å². The van der Waals surface area contributed by atoms with Crippen molar-refractivity contribution < 1.29 is 27.4 Å². The highest BCUT2D eigenvalue weighted by Gasteiger charge is 2.49. The second kappa shape index (κ2) is 7.53. The van der Waals surface area contributed by atoms with E-state index in [1.165, 1.54) is 24.3 Å². The minimum absolute atomic E-state index is 0.00187. The first-order valence-corrected chi connectivity index (χ1v) is 9.45. The van der Waals surface area contributed by atoms with E-state index in [0.717, 1.165) is 19.3 Å². The number of anilines is 1. The van der Waals surface area contributed by atoms with Crippen LogP contribution >= 0.6 is 0 Å². The minimum atomic E-state index is -4.74. The second-order valence-electron chi connectivity index (χ2n) is 7.39. The van der Waals surface area contributed by atoms with Gasteiger partial charge in [0.1, 0.15) is 11.9 Å². The Hall–Kier alpha value is -2.84. The molecule has 1 aromatic carbocycles. The van der Waals surface area contributed by atoms with Crippen LogP contribution in [0.1, 0.15) is 32.1 Å². The molecule has 0 bridgehead atoms. The standard InChI is InChI=1S/C20H20F3N3O3/c21-20(22,23)29-16-3-1-14(2-4-16)26-12-9-19(18(26)27)7-5-15(6-8-19)28-17-13-24-10-11-25-17/h1-4,10-11,13,15H,5-9,12H2. The van der Waals surface area contributed by atoms with Crippen molar-refractivity contribution in [3.8, 4) is 11.6 Å². The van der Waals surface area contributed by atoms with Gasteiger partial charge in [-0.3, -0.25) is 9.78 Å². The van der Waals surface area contributed by atoms with Crippen molar-refractivity contribution in [3.05, 3.63) is 42.9 Å². The number of hydrogen-bond acceptors (Lipinski definition) is 5. The lowest BCUT2D eigenvalue weighted by molar-refractivity contribution is -0.274. The highest BCUT2D eigenvalue weighted by atomic mass is 19.4. The number of rotatable bonds is 4. The van der Waals surface area contributed by atoms with Crippen LogP contribution in [-0.4, -0.2) is 34.9 Å². The van der Waals surface area contributed by atoms with Crippen LogP contribution in [0.2, 0.25) is 0 Å². The molecular formula is C20H20F3N3O3. The van der Waals surface area contributed by atoms with Crippen molar-refractivity contribution in [2.45, 2.75) is 44.6 Å². The predicted molar refractivity (Wildman–Crippen MR) is 97.4 cm³/mol. The summed E-state index contributed by atoms with van der Waals surface area (Å²) in [7, 11) is 0. The molecule has 9 heteroatoms. The van der Waals surface area contributed by atoms with Crippen LogP contribution in [0, 0.1) is 5.41 Å². The molecule has 2 fully saturated rings. The van der Waals surface area contributed by atoms with E-state index >= 15 is 0 Å². The van der Waals surface area contributed by atoms with Crippen LogP contribution in [0.5, 0.6) is 11.6 Å². The van der Waals surface area contributed by atoms with Gasteiger partial charge >= 0.3 is 6.36 Å². The topological polar surface area (TPSA) is 64.6 Å². The number of ether oxygens (including phenoxy) is 2. The summed E-state index contributed by atoms with van der Waals surface area (Å²) in [5, 5.41) is 0. The van der Waals surface area contributed by atoms with E-state index in [0.29, 0.717) is 31.0 Å². The molecule has 0 atom stereocenters. The van der Waals surface area contributed by atoms with Gasteiger partial charge < -0.3 is 14.4 Å². The molecule has 2 aromatic rings. The number of carbonyl (C=O) groups excluding carboxylic acids is 1. The zero-order valence-corrected chi connectivity index (χ0v) is 15.6. The number of aromatic nitrogens is 2. The van der Waals surface area contributed by atoms with E-state index < -0.39 is 11.8 Å². The normalized spacial score (nSPS) is 24.7. The first-order valence-electron chi connectivity index (χ1n) is 9.45. The largest absolute Gasteiger partial charge is 0.573 e. The lowest BCUT2D eigenvalue weighted by Crippen LogP contribution is -2.39. The zero-order chi connectivity index (χ0) is 20.5. The van der Waals surface area contributed by atoms with Gasteiger partial charge in [-0.05, 0) is 56.4 Å². The fraction of sp³-hybridized carbons (Fsp3) is 0.450. The summed E-state index contributed by atoms with van der Waals surface area (Å²) < 4.78 is 46.7. The number of benzene rings is 1. The first-order chi connectivity index (χ1) is 13.8. The average Bonchev–Trinajstić information content (AvgIpc) is 3.00. The molecule has 4 rings (SSSR count). The minimum Gasteiger partial charge on any atom is -0.473 e. The fourth-order valence-corrected chi connectivity index (χ4v) is 4.14. The number of halogens is 3. The SMILES string of the molecule is O=C1N(c2ccc(OC(F)(F)F)cc2)CCC12CCC(Oc1cnccn1)CC2. The summed E-state index contributed by atoms with van der Waals surface area (Å²) in [6.07, 6.45) is 3.62. The molecule has 2 heterocycles. The highest BCUT2D eigenvalue weighted by molar-refractivity contribution is 6.00. The maximum atomic E-state index is 13.1. The summed E-state index contributed by atoms with van der Waals surface area (Å²) in [4.78, 5) is 22.9. The molecule has 1 aliphatic carbocycles. The molecule has 1 aliphatic heterocycles. The number of nitrogens with zero attached hydrogens (tertiary/aromatic N) is 3. The quantitative estimate of drug-likeness (QED) is 0.763. The molecule has 0 radical (unpaired) electrons. The molecule has 0 unspecified atom stereocenters. The van der Waals surface area contributed by atoms with Crippen molar-refractivity contribution >= 4 is 11.6 Å². The lowest BCUT2D eigenvalue weighted by atomic mass is 9.72. The maximum absolute atomic E-state index is 13.1. The van der Waals surface area contributed by atoms with E-state index in [1.807, 2.05) is 0 Å². The van der Waals surface area contributed by atoms with Crippen molar-refractivity contribution in [2.24, 2.45) is 5.41 Å². The summed E-state index contributed by atoms with van der Waals surface area (Å²) >= 11 is 0. The molecule has 154 valence electrons. The van der Waals surface area contributed by atoms with Crippen LogP contribution in [-0.2, 0) is 4.79 Å². The predicted octanol–water partition coefficient (Wildman–Crippen LogP) is 4.12. The van der Waals surface area contributed by atoms with Gasteiger partial charge in [0.05, 0.1) is 11.6 Å². The van der Waals surface area contributed by atoms with Crippen LogP contribution in [0.3, 0.4) is 0 Å². The summed E-state index contributed by atoms with van der Waals surface area (Å²) in [5.74, 6) is 0.207. The van der Waals surface area contributed by atoms with E-state index in [9.17, 15) is 18.0 Å². The molecule has 0 N–H and O–H groups in total. The molecule has 1 amide bonds. The lowest BCUT2D eigenvalue weighted by Gasteiger charge is -2.35. The van der Waals surface area contributed by atoms with Gasteiger partial charge in [0, 0.05) is 24.6 Å². The Morgan fingerprint density at radius 3 is 2.41 bits per heavy atom. The third-order valence-corrected chi connectivity index (χ3v) is 5.61. The van der Waals surface area contributed by atoms with Crippen molar-refractivity contribution in [3.63, 3.8) is 0 Å². The Morgan fingerprint density at radius 1 is 1.07 bits per heavy atom. The fourth-order valence-electron chi connectivity index (χ4n) is 4.14. The Balaban J connectivity index is 1.38. The number of amides is 1. The Kier molecular flexibility index (Phi) is 5.06. The van der Waals surface area contributed by atoms with E-state index in [1.54, 1.807) is 23.5 Å². The average molecular weight is 407 g/mol. The van der Waals surface area contributed by atoms with Gasteiger partial charge in [-0.1, -0.05) is 0 Å². The summed E-state index contributed by atoms with van der Waals surface area (Å²) in [6, 6.07) is 5.43. The number of carbonyl (C=O) groups is 1. The molecule has 1 saturated carbocycles. The summed E-state index contributed by atoms with van der Waals surface area (Å²) in [6.45, 7) is 0.550. The zero-order valence-electron chi connectivity index (χ0n) is 15.6. The van der Waals surface area contributed by atoms with E-state index in [2.05, 4.69) is 14.7 Å². The molecule has 1 saturated heterocycles. The van der Waals surface area contributed by atoms with Crippen LogP contribution < -0.4 is 14.4 Å². The van der Waals surface area contributed by atoms with Gasteiger partial charge in [0.15, 0.2) is 0 Å². The summed E-state index contributed by atoms with van der Waals surface area (Å²) in [5.41, 5.74) is 0.156. The Labute approximate surface area is 165 Å². The highest BCUT2D eigenvalue weighted by Crippen LogP contribution is 2.46. The van der Waals surface area contributed by atoms with Crippen molar-refractivity contribution in [1.82, 2.24) is 9.97 Å². The molecule has 2 aliphatic rings. The van der Waals surface area contributed by atoms with E-state index in [-0.39, 0.29) is 17.8 Å².